The van der Waals surface area contributed by atoms with Crippen molar-refractivity contribution in [1.29, 1.82) is 0 Å². The zero-order valence-corrected chi connectivity index (χ0v) is 16.0. The minimum Gasteiger partial charge on any atom is -0.384 e. The molecule has 0 unspecified atom stereocenters. The molecule has 2 heterocycles. The molecule has 0 spiro atoms. The maximum atomic E-state index is 13.5. The maximum absolute atomic E-state index is 13.5. The highest BCUT2D eigenvalue weighted by Gasteiger charge is 2.39. The van der Waals surface area contributed by atoms with Crippen LogP contribution in [0.3, 0.4) is 0 Å². The zero-order valence-electron chi connectivity index (χ0n) is 15.2. The molecule has 0 bridgehead atoms. The summed E-state index contributed by atoms with van der Waals surface area (Å²) < 4.78 is 107. The van der Waals surface area contributed by atoms with Gasteiger partial charge in [-0.15, -0.1) is 0 Å². The molecular formula is C18H12F6N4O2S. The van der Waals surface area contributed by atoms with E-state index in [4.69, 9.17) is 5.73 Å². The molecule has 2 aromatic heterocycles. The highest BCUT2D eigenvalue weighted by atomic mass is 32.2. The van der Waals surface area contributed by atoms with E-state index < -0.39 is 55.6 Å². The van der Waals surface area contributed by atoms with Crippen molar-refractivity contribution in [3.8, 4) is 11.3 Å². The molecule has 0 saturated heterocycles. The topological polar surface area (TPSA) is 98.0 Å². The lowest BCUT2D eigenvalue weighted by Gasteiger charge is -2.18. The minimum atomic E-state index is -5.05. The summed E-state index contributed by atoms with van der Waals surface area (Å²) in [6, 6.07) is 8.33. The molecular weight excluding hydrogens is 450 g/mol. The third kappa shape index (κ3) is 4.87. The van der Waals surface area contributed by atoms with E-state index in [-0.39, 0.29) is 5.82 Å². The van der Waals surface area contributed by atoms with Gasteiger partial charge in [0.1, 0.15) is 11.6 Å². The third-order valence-electron chi connectivity index (χ3n) is 3.95. The van der Waals surface area contributed by atoms with Crippen molar-refractivity contribution in [3.05, 3.63) is 65.7 Å². The summed E-state index contributed by atoms with van der Waals surface area (Å²) in [6.07, 6.45) is -10.0. The summed E-state index contributed by atoms with van der Waals surface area (Å²) in [5.41, 5.74) is 0.665. The van der Waals surface area contributed by atoms with E-state index in [0.29, 0.717) is 18.2 Å². The number of pyridine rings is 2. The molecule has 3 rings (SSSR count). The number of nitrogens with two attached hydrogens (primary N) is 1. The quantitative estimate of drug-likeness (QED) is 0.554. The molecule has 0 fully saturated rings. The molecule has 31 heavy (non-hydrogen) atoms. The first-order valence-electron chi connectivity index (χ1n) is 8.29. The van der Waals surface area contributed by atoms with Crippen molar-refractivity contribution in [2.75, 3.05) is 10.5 Å². The van der Waals surface area contributed by atoms with Crippen molar-refractivity contribution in [1.82, 2.24) is 9.97 Å². The number of nitrogens with zero attached hydrogens (tertiary/aromatic N) is 2. The maximum Gasteiger partial charge on any atom is 0.418 e. The summed E-state index contributed by atoms with van der Waals surface area (Å²) in [4.78, 5) is 7.14. The summed E-state index contributed by atoms with van der Waals surface area (Å²) >= 11 is 0. The fourth-order valence-corrected chi connectivity index (χ4v) is 3.63. The van der Waals surface area contributed by atoms with Gasteiger partial charge in [-0.3, -0.25) is 4.72 Å². The van der Waals surface area contributed by atoms with Gasteiger partial charge < -0.3 is 5.73 Å². The van der Waals surface area contributed by atoms with Gasteiger partial charge in [0.15, 0.2) is 5.03 Å². The first kappa shape index (κ1) is 22.3. The smallest absolute Gasteiger partial charge is 0.384 e. The number of alkyl halides is 6. The SMILES string of the molecule is Nc1cccc(S(=O)(=O)Nc2ccc(C(F)(F)F)c(-c3ccccc3C(F)(F)F)n2)n1. The van der Waals surface area contributed by atoms with Gasteiger partial charge in [0.05, 0.1) is 16.8 Å². The number of nitrogens with one attached hydrogen (secondary N) is 1. The average molecular weight is 462 g/mol. The van der Waals surface area contributed by atoms with Crippen LogP contribution in [0.2, 0.25) is 0 Å². The highest BCUT2D eigenvalue weighted by Crippen LogP contribution is 2.42. The van der Waals surface area contributed by atoms with Crippen molar-refractivity contribution >= 4 is 21.7 Å². The predicted octanol–water partition coefficient (Wildman–Crippen LogP) is 4.56. The Morgan fingerprint density at radius 1 is 0.774 bits per heavy atom. The van der Waals surface area contributed by atoms with E-state index in [0.717, 1.165) is 24.3 Å². The van der Waals surface area contributed by atoms with Crippen LogP contribution >= 0.6 is 0 Å². The Bertz CT molecular complexity index is 1230. The fourth-order valence-electron chi connectivity index (χ4n) is 2.66. The van der Waals surface area contributed by atoms with Crippen LogP contribution in [0.4, 0.5) is 38.0 Å². The molecule has 13 heteroatoms. The number of sulfonamides is 1. The summed E-state index contributed by atoms with van der Waals surface area (Å²) in [5, 5.41) is -0.550. The largest absolute Gasteiger partial charge is 0.418 e. The molecule has 0 saturated carbocycles. The van der Waals surface area contributed by atoms with Crippen LogP contribution in [0.5, 0.6) is 0 Å². The average Bonchev–Trinajstić information content (AvgIpc) is 2.66. The Balaban J connectivity index is 2.16. The fraction of sp³-hybridized carbons (Fsp3) is 0.111. The van der Waals surface area contributed by atoms with Gasteiger partial charge in [0.25, 0.3) is 10.0 Å². The lowest BCUT2D eigenvalue weighted by atomic mass is 9.99. The van der Waals surface area contributed by atoms with Crippen molar-refractivity contribution in [3.63, 3.8) is 0 Å². The molecule has 6 nitrogen and oxygen atoms in total. The Labute approximate surface area is 171 Å². The van der Waals surface area contributed by atoms with E-state index in [9.17, 15) is 34.8 Å². The van der Waals surface area contributed by atoms with E-state index in [1.165, 1.54) is 12.1 Å². The predicted molar refractivity (Wildman–Crippen MR) is 99.1 cm³/mol. The van der Waals surface area contributed by atoms with Crippen LogP contribution in [0.25, 0.3) is 11.3 Å². The van der Waals surface area contributed by atoms with Crippen molar-refractivity contribution in [2.24, 2.45) is 0 Å². The number of benzene rings is 1. The van der Waals surface area contributed by atoms with Gasteiger partial charge in [0, 0.05) is 5.56 Å². The molecule has 164 valence electrons. The van der Waals surface area contributed by atoms with Crippen molar-refractivity contribution < 1.29 is 34.8 Å². The number of aromatic nitrogens is 2. The van der Waals surface area contributed by atoms with Gasteiger partial charge in [-0.05, 0) is 30.3 Å². The van der Waals surface area contributed by atoms with Gasteiger partial charge in [-0.2, -0.15) is 34.8 Å². The minimum absolute atomic E-state index is 0.136. The molecule has 1 aromatic carbocycles. The van der Waals surface area contributed by atoms with E-state index in [1.807, 2.05) is 4.72 Å². The molecule has 0 aliphatic carbocycles. The van der Waals surface area contributed by atoms with Gasteiger partial charge in [0.2, 0.25) is 0 Å². The second-order valence-electron chi connectivity index (χ2n) is 6.14. The van der Waals surface area contributed by atoms with E-state index in [1.54, 1.807) is 0 Å². The number of halogens is 6. The lowest BCUT2D eigenvalue weighted by molar-refractivity contribution is -0.139. The summed E-state index contributed by atoms with van der Waals surface area (Å²) in [6.45, 7) is 0. The third-order valence-corrected chi connectivity index (χ3v) is 5.20. The van der Waals surface area contributed by atoms with Crippen LogP contribution in [0.1, 0.15) is 11.1 Å². The summed E-state index contributed by atoms with van der Waals surface area (Å²) in [7, 11) is -4.43. The second kappa shape index (κ2) is 7.72. The molecule has 0 atom stereocenters. The Morgan fingerprint density at radius 3 is 2.03 bits per heavy atom. The molecule has 3 N–H and O–H groups in total. The van der Waals surface area contributed by atoms with Crippen LogP contribution in [-0.2, 0) is 22.4 Å². The number of hydrogen-bond donors (Lipinski definition) is 2. The number of rotatable bonds is 4. The molecule has 0 aliphatic rings. The number of anilines is 2. The second-order valence-corrected chi connectivity index (χ2v) is 7.77. The molecule has 3 aromatic rings. The molecule has 0 aliphatic heterocycles. The molecule has 0 amide bonds. The van der Waals surface area contributed by atoms with E-state index >= 15 is 0 Å². The standard InChI is InChI=1S/C18H12F6N4O2S/c19-17(20,21)11-5-2-1-4-10(11)16-12(18(22,23)24)8-9-14(27-16)28-31(29,30)15-7-3-6-13(25)26-15/h1-9H,(H2,25,26)(H,27,28). The Morgan fingerprint density at radius 2 is 1.42 bits per heavy atom. The first-order valence-corrected chi connectivity index (χ1v) is 9.77. The van der Waals surface area contributed by atoms with Gasteiger partial charge >= 0.3 is 12.4 Å². The Hall–Kier alpha value is -3.35. The first-order chi connectivity index (χ1) is 14.3. The van der Waals surface area contributed by atoms with Gasteiger partial charge in [-0.25, -0.2) is 9.97 Å². The van der Waals surface area contributed by atoms with Gasteiger partial charge in [-0.1, -0.05) is 24.3 Å². The number of nitrogen functional groups attached to an aromatic ring is 1. The monoisotopic (exact) mass is 462 g/mol. The molecule has 0 radical (unpaired) electrons. The van der Waals surface area contributed by atoms with Crippen molar-refractivity contribution in [2.45, 2.75) is 17.4 Å². The Kier molecular flexibility index (Phi) is 5.56. The lowest BCUT2D eigenvalue weighted by Crippen LogP contribution is -2.18. The highest BCUT2D eigenvalue weighted by molar-refractivity contribution is 7.92. The normalized spacial score (nSPS) is 12.6. The zero-order chi connectivity index (χ0) is 23.0. The van der Waals surface area contributed by atoms with E-state index in [2.05, 4.69) is 9.97 Å². The summed E-state index contributed by atoms with van der Waals surface area (Å²) in [5.74, 6) is -0.771. The van der Waals surface area contributed by atoms with Crippen LogP contribution in [0.15, 0.2) is 59.6 Å². The van der Waals surface area contributed by atoms with Crippen LogP contribution < -0.4 is 10.5 Å². The van der Waals surface area contributed by atoms with Crippen LogP contribution in [-0.4, -0.2) is 18.4 Å². The number of hydrogen-bond acceptors (Lipinski definition) is 5. The van der Waals surface area contributed by atoms with Crippen LogP contribution in [0, 0.1) is 0 Å².